The molecule has 1 aromatic carbocycles. The summed E-state index contributed by atoms with van der Waals surface area (Å²) in [4.78, 5) is 0. The second kappa shape index (κ2) is 4.28. The van der Waals surface area contributed by atoms with E-state index in [0.29, 0.717) is 6.04 Å². The summed E-state index contributed by atoms with van der Waals surface area (Å²) in [5, 5.41) is 2.41. The van der Waals surface area contributed by atoms with E-state index in [2.05, 4.69) is 46.0 Å². The molecule has 0 fully saturated rings. The first kappa shape index (κ1) is 9.94. The summed E-state index contributed by atoms with van der Waals surface area (Å²) >= 11 is 3.62. The van der Waals surface area contributed by atoms with Gasteiger partial charge in [-0.05, 0) is 11.6 Å². The molecule has 2 rings (SSSR count). The normalized spacial score (nSPS) is 20.2. The molecule has 0 saturated heterocycles. The zero-order valence-electron chi connectivity index (χ0n) is 8.17. The molecule has 1 aliphatic heterocycles. The predicted molar refractivity (Wildman–Crippen MR) is 62.2 cm³/mol. The second-order valence-electron chi connectivity index (χ2n) is 3.71. The molecule has 0 aromatic heterocycles. The Kier molecular flexibility index (Phi) is 3.04. The summed E-state index contributed by atoms with van der Waals surface area (Å²) in [5.41, 5.74) is 2.97. The number of quaternary nitrogens is 1. The van der Waals surface area contributed by atoms with Gasteiger partial charge in [0.05, 0.1) is 6.54 Å². The minimum Gasteiger partial charge on any atom is -0.340 e. The van der Waals surface area contributed by atoms with Crippen LogP contribution in [0.4, 0.5) is 0 Å². The fourth-order valence-electron chi connectivity index (χ4n) is 2.15. The van der Waals surface area contributed by atoms with Gasteiger partial charge in [0.2, 0.25) is 0 Å². The van der Waals surface area contributed by atoms with Crippen LogP contribution in [0.25, 0.3) is 0 Å². The highest BCUT2D eigenvalue weighted by molar-refractivity contribution is 9.10. The Labute approximate surface area is 93.3 Å². The van der Waals surface area contributed by atoms with Crippen LogP contribution in [0, 0.1) is 0 Å². The van der Waals surface area contributed by atoms with Gasteiger partial charge >= 0.3 is 0 Å². The molecule has 1 aliphatic rings. The van der Waals surface area contributed by atoms with Crippen molar-refractivity contribution in [1.82, 2.24) is 0 Å². The van der Waals surface area contributed by atoms with Gasteiger partial charge in [0, 0.05) is 22.9 Å². The van der Waals surface area contributed by atoms with E-state index >= 15 is 0 Å². The van der Waals surface area contributed by atoms with Gasteiger partial charge in [-0.3, -0.25) is 0 Å². The maximum absolute atomic E-state index is 3.82. The molecule has 74 valence electrons. The van der Waals surface area contributed by atoms with E-state index in [1.165, 1.54) is 28.6 Å². The number of benzene rings is 1. The smallest absolute Gasteiger partial charge is 0.115 e. The van der Waals surface area contributed by atoms with Gasteiger partial charge in [-0.25, -0.2) is 0 Å². The summed E-state index contributed by atoms with van der Waals surface area (Å²) in [6, 6.07) is 7.07. The number of hydrogen-bond acceptors (Lipinski definition) is 0. The molecule has 0 amide bonds. The minimum atomic E-state index is 0.578. The monoisotopic (exact) mass is 252 g/mol. The zero-order valence-corrected chi connectivity index (χ0v) is 9.76. The van der Waals surface area contributed by atoms with E-state index in [1.54, 1.807) is 0 Å². The van der Waals surface area contributed by atoms with Crippen molar-refractivity contribution in [3.8, 4) is 0 Å². The molecule has 2 N–H and O–H groups in total. The van der Waals surface area contributed by atoms with Crippen LogP contribution in [0.5, 0.6) is 0 Å². The standard InChI is InChI=1S/C12H14BrN/c1-2-4-12-10-5-3-6-11(13)9(10)7-8-14-12/h2-3,5-6,12,14H,1,4,7-8H2/p+1/t12-/m0/s1. The highest BCUT2D eigenvalue weighted by Crippen LogP contribution is 2.27. The minimum absolute atomic E-state index is 0.578. The lowest BCUT2D eigenvalue weighted by Gasteiger charge is -2.23. The number of hydrogen-bond donors (Lipinski definition) is 1. The Morgan fingerprint density at radius 1 is 1.57 bits per heavy atom. The molecular formula is C12H15BrN+. The Bertz CT molecular complexity index is 346. The third-order valence-corrected chi connectivity index (χ3v) is 3.56. The fourth-order valence-corrected chi connectivity index (χ4v) is 2.72. The SMILES string of the molecule is C=CC[C@@H]1[NH2+]CCc2c(Br)cccc21. The van der Waals surface area contributed by atoms with Crippen molar-refractivity contribution in [2.24, 2.45) is 0 Å². The molecule has 1 heterocycles. The number of rotatable bonds is 2. The third kappa shape index (κ3) is 1.77. The van der Waals surface area contributed by atoms with Crippen molar-refractivity contribution in [2.45, 2.75) is 18.9 Å². The quantitative estimate of drug-likeness (QED) is 0.778. The van der Waals surface area contributed by atoms with Gasteiger partial charge in [0.15, 0.2) is 0 Å². The summed E-state index contributed by atoms with van der Waals surface area (Å²) in [5.74, 6) is 0. The van der Waals surface area contributed by atoms with Crippen molar-refractivity contribution in [2.75, 3.05) is 6.54 Å². The summed E-state index contributed by atoms with van der Waals surface area (Å²) in [6.45, 7) is 5.01. The molecule has 0 bridgehead atoms. The van der Waals surface area contributed by atoms with Crippen LogP contribution in [0.15, 0.2) is 35.3 Å². The van der Waals surface area contributed by atoms with Crippen LogP contribution in [0.2, 0.25) is 0 Å². The first-order chi connectivity index (χ1) is 6.83. The zero-order chi connectivity index (χ0) is 9.97. The maximum Gasteiger partial charge on any atom is 0.115 e. The molecule has 1 aromatic rings. The lowest BCUT2D eigenvalue weighted by atomic mass is 9.93. The van der Waals surface area contributed by atoms with Gasteiger partial charge in [-0.15, -0.1) is 6.58 Å². The lowest BCUT2D eigenvalue weighted by molar-refractivity contribution is -0.698. The van der Waals surface area contributed by atoms with Crippen LogP contribution in [0.1, 0.15) is 23.6 Å². The highest BCUT2D eigenvalue weighted by atomic mass is 79.9. The van der Waals surface area contributed by atoms with Gasteiger partial charge in [0.1, 0.15) is 6.04 Å². The average molecular weight is 253 g/mol. The predicted octanol–water partition coefficient (Wildman–Crippen LogP) is 2.19. The number of fused-ring (bicyclic) bond motifs is 1. The first-order valence-corrected chi connectivity index (χ1v) is 5.83. The Morgan fingerprint density at radius 3 is 3.21 bits per heavy atom. The van der Waals surface area contributed by atoms with Gasteiger partial charge in [-0.2, -0.15) is 0 Å². The van der Waals surface area contributed by atoms with Crippen molar-refractivity contribution < 1.29 is 5.32 Å². The largest absolute Gasteiger partial charge is 0.340 e. The molecule has 1 atom stereocenters. The van der Waals surface area contributed by atoms with E-state index in [0.717, 1.165) is 6.42 Å². The van der Waals surface area contributed by atoms with E-state index in [4.69, 9.17) is 0 Å². The molecule has 14 heavy (non-hydrogen) atoms. The fraction of sp³-hybridized carbons (Fsp3) is 0.333. The third-order valence-electron chi connectivity index (χ3n) is 2.82. The van der Waals surface area contributed by atoms with Crippen molar-refractivity contribution in [1.29, 1.82) is 0 Å². The second-order valence-corrected chi connectivity index (χ2v) is 4.57. The molecule has 0 aliphatic carbocycles. The van der Waals surface area contributed by atoms with E-state index in [-0.39, 0.29) is 0 Å². The van der Waals surface area contributed by atoms with Crippen LogP contribution in [-0.4, -0.2) is 6.54 Å². The van der Waals surface area contributed by atoms with Crippen molar-refractivity contribution in [3.63, 3.8) is 0 Å². The van der Waals surface area contributed by atoms with E-state index in [9.17, 15) is 0 Å². The summed E-state index contributed by atoms with van der Waals surface area (Å²) in [6.07, 6.45) is 4.24. The molecule has 1 nitrogen and oxygen atoms in total. The topological polar surface area (TPSA) is 16.6 Å². The van der Waals surface area contributed by atoms with Crippen LogP contribution in [0.3, 0.4) is 0 Å². The Hall–Kier alpha value is -0.600. The number of halogens is 1. The highest BCUT2D eigenvalue weighted by Gasteiger charge is 2.22. The molecule has 0 radical (unpaired) electrons. The van der Waals surface area contributed by atoms with Gasteiger partial charge in [0.25, 0.3) is 0 Å². The molecule has 0 unspecified atom stereocenters. The average Bonchev–Trinajstić information content (AvgIpc) is 2.20. The molecule has 0 saturated carbocycles. The first-order valence-electron chi connectivity index (χ1n) is 5.04. The lowest BCUT2D eigenvalue weighted by Crippen LogP contribution is -2.87. The van der Waals surface area contributed by atoms with Gasteiger partial charge in [-0.1, -0.05) is 34.1 Å². The Balaban J connectivity index is 2.39. The van der Waals surface area contributed by atoms with Crippen molar-refractivity contribution >= 4 is 15.9 Å². The van der Waals surface area contributed by atoms with Crippen LogP contribution < -0.4 is 5.32 Å². The Morgan fingerprint density at radius 2 is 2.43 bits per heavy atom. The summed E-state index contributed by atoms with van der Waals surface area (Å²) in [7, 11) is 0. The maximum atomic E-state index is 3.82. The van der Waals surface area contributed by atoms with E-state index in [1.807, 2.05) is 6.08 Å². The summed E-state index contributed by atoms with van der Waals surface area (Å²) < 4.78 is 1.26. The van der Waals surface area contributed by atoms with Crippen LogP contribution >= 0.6 is 15.9 Å². The molecule has 2 heteroatoms. The molecular weight excluding hydrogens is 238 g/mol. The molecule has 0 spiro atoms. The van der Waals surface area contributed by atoms with E-state index < -0.39 is 0 Å². The van der Waals surface area contributed by atoms with Crippen molar-refractivity contribution in [3.05, 3.63) is 46.5 Å². The van der Waals surface area contributed by atoms with Gasteiger partial charge < -0.3 is 5.32 Å². The number of nitrogens with two attached hydrogens (primary N) is 1. The van der Waals surface area contributed by atoms with Crippen LogP contribution in [-0.2, 0) is 6.42 Å².